The minimum Gasteiger partial charge on any atom is -0.477 e. The first-order valence-electron chi connectivity index (χ1n) is 5.33. The summed E-state index contributed by atoms with van der Waals surface area (Å²) < 4.78 is 13.2. The van der Waals surface area contributed by atoms with E-state index < -0.39 is 5.97 Å². The quantitative estimate of drug-likeness (QED) is 0.884. The van der Waals surface area contributed by atoms with E-state index in [9.17, 15) is 9.18 Å². The molecule has 1 aromatic carbocycles. The number of nitrogens with zero attached hydrogens (tertiary/aromatic N) is 2. The second kappa shape index (κ2) is 4.52. The molecule has 0 aliphatic carbocycles. The Labute approximate surface area is 103 Å². The number of benzene rings is 1. The molecule has 0 aliphatic heterocycles. The van der Waals surface area contributed by atoms with Crippen molar-refractivity contribution in [3.05, 3.63) is 47.0 Å². The number of hydrogen-bond donors (Lipinski definition) is 1. The molecule has 1 N–H and O–H groups in total. The van der Waals surface area contributed by atoms with Gasteiger partial charge in [-0.15, -0.1) is 0 Å². The summed E-state index contributed by atoms with van der Waals surface area (Å²) in [5.74, 6) is -1.14. The van der Waals surface area contributed by atoms with Crippen LogP contribution in [0.5, 0.6) is 0 Å². The van der Waals surface area contributed by atoms with Gasteiger partial charge in [-0.05, 0) is 43.7 Å². The van der Waals surface area contributed by atoms with Gasteiger partial charge in [0.2, 0.25) is 0 Å². The summed E-state index contributed by atoms with van der Waals surface area (Å²) in [6, 6.07) is 5.83. The van der Waals surface area contributed by atoms with E-state index in [0.29, 0.717) is 16.8 Å². The summed E-state index contributed by atoms with van der Waals surface area (Å²) in [6.45, 7) is 3.32. The van der Waals surface area contributed by atoms with Gasteiger partial charge in [-0.2, -0.15) is 0 Å². The molecule has 2 aromatic rings. The third-order valence-electron chi connectivity index (χ3n) is 2.49. The molecule has 1 aromatic heterocycles. The average Bonchev–Trinajstić information content (AvgIpc) is 2.31. The van der Waals surface area contributed by atoms with Gasteiger partial charge in [0, 0.05) is 11.3 Å². The molecule has 1 heterocycles. The standard InChI is InChI=1S/C13H11FN2O2/c1-7-5-9(3-4-10(7)14)12-15-8(2)6-11(16-12)13(17)18/h3-6H,1-2H3,(H,17,18). The molecule has 92 valence electrons. The van der Waals surface area contributed by atoms with Crippen molar-refractivity contribution in [2.45, 2.75) is 13.8 Å². The molecule has 0 unspecified atom stereocenters. The molecule has 2 rings (SSSR count). The predicted molar refractivity (Wildman–Crippen MR) is 63.9 cm³/mol. The van der Waals surface area contributed by atoms with Crippen molar-refractivity contribution in [2.75, 3.05) is 0 Å². The zero-order chi connectivity index (χ0) is 13.3. The second-order valence-corrected chi connectivity index (χ2v) is 3.99. The van der Waals surface area contributed by atoms with Crippen LogP contribution in [0.1, 0.15) is 21.7 Å². The van der Waals surface area contributed by atoms with Crippen LogP contribution in [0.15, 0.2) is 24.3 Å². The summed E-state index contributed by atoms with van der Waals surface area (Å²) in [7, 11) is 0. The van der Waals surface area contributed by atoms with Crippen molar-refractivity contribution in [1.82, 2.24) is 9.97 Å². The van der Waals surface area contributed by atoms with Crippen molar-refractivity contribution in [1.29, 1.82) is 0 Å². The molecule has 4 nitrogen and oxygen atoms in total. The first-order valence-corrected chi connectivity index (χ1v) is 5.33. The Hall–Kier alpha value is -2.30. The van der Waals surface area contributed by atoms with Crippen LogP contribution in [-0.2, 0) is 0 Å². The van der Waals surface area contributed by atoms with Crippen molar-refractivity contribution in [2.24, 2.45) is 0 Å². The number of halogens is 1. The number of rotatable bonds is 2. The number of aryl methyl sites for hydroxylation is 2. The number of hydrogen-bond acceptors (Lipinski definition) is 3. The molecule has 0 amide bonds. The maximum absolute atomic E-state index is 13.2. The topological polar surface area (TPSA) is 63.1 Å². The highest BCUT2D eigenvalue weighted by molar-refractivity contribution is 5.86. The molecule has 0 bridgehead atoms. The highest BCUT2D eigenvalue weighted by Gasteiger charge is 2.11. The lowest BCUT2D eigenvalue weighted by atomic mass is 10.1. The number of carboxylic acid groups (broad SMARTS) is 1. The summed E-state index contributed by atoms with van der Waals surface area (Å²) >= 11 is 0. The van der Waals surface area contributed by atoms with E-state index in [1.807, 2.05) is 0 Å². The largest absolute Gasteiger partial charge is 0.477 e. The Kier molecular flexibility index (Phi) is 3.06. The van der Waals surface area contributed by atoms with E-state index >= 15 is 0 Å². The normalized spacial score (nSPS) is 10.4. The summed E-state index contributed by atoms with van der Waals surface area (Å²) in [5.41, 5.74) is 1.55. The predicted octanol–water partition coefficient (Wildman–Crippen LogP) is 2.60. The molecule has 0 aliphatic rings. The maximum atomic E-state index is 13.2. The summed E-state index contributed by atoms with van der Waals surface area (Å²) in [5, 5.41) is 8.93. The third kappa shape index (κ3) is 2.34. The van der Waals surface area contributed by atoms with Gasteiger partial charge in [-0.25, -0.2) is 19.2 Å². The van der Waals surface area contributed by atoms with Crippen LogP contribution < -0.4 is 0 Å². The van der Waals surface area contributed by atoms with Crippen molar-refractivity contribution < 1.29 is 14.3 Å². The van der Waals surface area contributed by atoms with E-state index in [4.69, 9.17) is 5.11 Å². The van der Waals surface area contributed by atoms with Gasteiger partial charge in [0.05, 0.1) is 0 Å². The molecule has 5 heteroatoms. The van der Waals surface area contributed by atoms with Gasteiger partial charge in [0.15, 0.2) is 11.5 Å². The fraction of sp³-hybridized carbons (Fsp3) is 0.154. The lowest BCUT2D eigenvalue weighted by molar-refractivity contribution is 0.0690. The van der Waals surface area contributed by atoms with Gasteiger partial charge in [0.1, 0.15) is 5.82 Å². The van der Waals surface area contributed by atoms with Gasteiger partial charge < -0.3 is 5.11 Å². The van der Waals surface area contributed by atoms with E-state index in [1.54, 1.807) is 19.9 Å². The fourth-order valence-electron chi connectivity index (χ4n) is 1.59. The molecule has 0 fully saturated rings. The minimum absolute atomic E-state index is 0.0699. The SMILES string of the molecule is Cc1cc(C(=O)O)nc(-c2ccc(F)c(C)c2)n1. The van der Waals surface area contributed by atoms with Crippen LogP contribution in [-0.4, -0.2) is 21.0 Å². The summed E-state index contributed by atoms with van der Waals surface area (Å²) in [4.78, 5) is 19.0. The Bertz CT molecular complexity index is 626. The second-order valence-electron chi connectivity index (χ2n) is 3.99. The number of carboxylic acids is 1. The Balaban J connectivity index is 2.56. The third-order valence-corrected chi connectivity index (χ3v) is 2.49. The molecule has 0 radical (unpaired) electrons. The number of carbonyl (C=O) groups is 1. The van der Waals surface area contributed by atoms with E-state index in [2.05, 4.69) is 9.97 Å². The number of aromatic nitrogens is 2. The zero-order valence-electron chi connectivity index (χ0n) is 9.94. The smallest absolute Gasteiger partial charge is 0.354 e. The van der Waals surface area contributed by atoms with E-state index in [0.717, 1.165) is 0 Å². The monoisotopic (exact) mass is 246 g/mol. The van der Waals surface area contributed by atoms with Crippen LogP contribution in [0.25, 0.3) is 11.4 Å². The van der Waals surface area contributed by atoms with Crippen LogP contribution >= 0.6 is 0 Å². The van der Waals surface area contributed by atoms with Gasteiger partial charge in [0.25, 0.3) is 0 Å². The molecule has 18 heavy (non-hydrogen) atoms. The first-order chi connectivity index (χ1) is 8.47. The molecule has 0 saturated heterocycles. The van der Waals surface area contributed by atoms with Crippen LogP contribution in [0.4, 0.5) is 4.39 Å². The molecule has 0 atom stereocenters. The lowest BCUT2D eigenvalue weighted by Crippen LogP contribution is -2.04. The Morgan fingerprint density at radius 2 is 1.94 bits per heavy atom. The van der Waals surface area contributed by atoms with Crippen LogP contribution in [0.2, 0.25) is 0 Å². The summed E-state index contributed by atoms with van der Waals surface area (Å²) in [6.07, 6.45) is 0. The van der Waals surface area contributed by atoms with Gasteiger partial charge >= 0.3 is 5.97 Å². The van der Waals surface area contributed by atoms with E-state index in [-0.39, 0.29) is 17.3 Å². The minimum atomic E-state index is -1.11. The van der Waals surface area contributed by atoms with Gasteiger partial charge in [-0.1, -0.05) is 0 Å². The lowest BCUT2D eigenvalue weighted by Gasteiger charge is -2.05. The van der Waals surface area contributed by atoms with Crippen LogP contribution in [0, 0.1) is 19.7 Å². The molecular weight excluding hydrogens is 235 g/mol. The van der Waals surface area contributed by atoms with Crippen molar-refractivity contribution in [3.63, 3.8) is 0 Å². The zero-order valence-corrected chi connectivity index (χ0v) is 9.94. The van der Waals surface area contributed by atoms with Crippen molar-refractivity contribution in [3.8, 4) is 11.4 Å². The van der Waals surface area contributed by atoms with Crippen LogP contribution in [0.3, 0.4) is 0 Å². The molecule has 0 saturated carbocycles. The van der Waals surface area contributed by atoms with E-state index in [1.165, 1.54) is 18.2 Å². The highest BCUT2D eigenvalue weighted by atomic mass is 19.1. The Morgan fingerprint density at radius 1 is 1.22 bits per heavy atom. The average molecular weight is 246 g/mol. The Morgan fingerprint density at radius 3 is 2.56 bits per heavy atom. The highest BCUT2D eigenvalue weighted by Crippen LogP contribution is 2.19. The van der Waals surface area contributed by atoms with Gasteiger partial charge in [-0.3, -0.25) is 0 Å². The maximum Gasteiger partial charge on any atom is 0.354 e. The van der Waals surface area contributed by atoms with Crippen molar-refractivity contribution >= 4 is 5.97 Å². The number of aromatic carboxylic acids is 1. The molecule has 0 spiro atoms. The fourth-order valence-corrected chi connectivity index (χ4v) is 1.59. The molecular formula is C13H11FN2O2. The first kappa shape index (κ1) is 12.2.